The summed E-state index contributed by atoms with van der Waals surface area (Å²) in [5.41, 5.74) is -0.960. The Bertz CT molecular complexity index is 878. The highest BCUT2D eigenvalue weighted by Crippen LogP contribution is 2.43. The standard InChI is InChI=1S/C55H111NO4/c1-11-13-15-17-19-21-23-25-27-29-30-32-34-36-38-40-42-44-51(60-46-43-41-39-37-35-33-31-28-26-24-22-20-18-16-14-12-2)49-56-52(57)55(8,9)53(4,5)48-50(3)59-47-45-54(6,7)58-10/h50-51H,11-49H2,1-10H3,(H,56,57). The molecule has 5 heteroatoms. The minimum atomic E-state index is -0.539. The van der Waals surface area contributed by atoms with E-state index in [9.17, 15) is 4.79 Å². The Morgan fingerprint density at radius 3 is 1.20 bits per heavy atom. The lowest BCUT2D eigenvalue weighted by molar-refractivity contribution is -0.138. The van der Waals surface area contributed by atoms with Crippen molar-refractivity contribution in [2.24, 2.45) is 10.8 Å². The molecule has 360 valence electrons. The van der Waals surface area contributed by atoms with Crippen molar-refractivity contribution in [2.45, 2.75) is 311 Å². The molecular formula is C55H111NO4. The van der Waals surface area contributed by atoms with Crippen LogP contribution in [0, 0.1) is 10.8 Å². The number of amides is 1. The fourth-order valence-corrected chi connectivity index (χ4v) is 8.62. The van der Waals surface area contributed by atoms with Crippen LogP contribution in [0.2, 0.25) is 0 Å². The molecule has 0 saturated heterocycles. The predicted molar refractivity (Wildman–Crippen MR) is 264 cm³/mol. The topological polar surface area (TPSA) is 56.8 Å². The van der Waals surface area contributed by atoms with Gasteiger partial charge in [0.15, 0.2) is 0 Å². The van der Waals surface area contributed by atoms with E-state index < -0.39 is 5.41 Å². The molecule has 2 unspecified atom stereocenters. The Balaban J connectivity index is 4.58. The van der Waals surface area contributed by atoms with E-state index in [-0.39, 0.29) is 29.1 Å². The van der Waals surface area contributed by atoms with Crippen molar-refractivity contribution >= 4 is 5.91 Å². The summed E-state index contributed by atoms with van der Waals surface area (Å²) in [6, 6.07) is 0. The number of hydrogen-bond acceptors (Lipinski definition) is 4. The monoisotopic (exact) mass is 850 g/mol. The predicted octanol–water partition coefficient (Wildman–Crippen LogP) is 17.5. The molecule has 0 aromatic heterocycles. The van der Waals surface area contributed by atoms with Gasteiger partial charge in [-0.15, -0.1) is 0 Å². The molecule has 0 radical (unpaired) electrons. The summed E-state index contributed by atoms with van der Waals surface area (Å²) in [5, 5.41) is 3.37. The van der Waals surface area contributed by atoms with Crippen LogP contribution >= 0.6 is 0 Å². The third-order valence-electron chi connectivity index (χ3n) is 14.2. The number of hydrogen-bond donors (Lipinski definition) is 1. The van der Waals surface area contributed by atoms with E-state index in [1.165, 1.54) is 205 Å². The number of rotatable bonds is 47. The first-order chi connectivity index (χ1) is 28.8. The average molecular weight is 850 g/mol. The summed E-state index contributed by atoms with van der Waals surface area (Å²) in [5.74, 6) is 0.124. The molecule has 0 bridgehead atoms. The summed E-state index contributed by atoms with van der Waals surface area (Å²) in [6.45, 7) is 21.6. The number of carbonyl (C=O) groups excluding carboxylic acids is 1. The Hall–Kier alpha value is -0.650. The lowest BCUT2D eigenvalue weighted by Gasteiger charge is -2.42. The van der Waals surface area contributed by atoms with Gasteiger partial charge in [0.05, 0.1) is 17.8 Å². The van der Waals surface area contributed by atoms with Crippen molar-refractivity contribution in [3.05, 3.63) is 0 Å². The molecule has 0 spiro atoms. The van der Waals surface area contributed by atoms with Gasteiger partial charge in [0, 0.05) is 32.3 Å². The van der Waals surface area contributed by atoms with Crippen molar-refractivity contribution in [3.63, 3.8) is 0 Å². The highest BCUT2D eigenvalue weighted by atomic mass is 16.5. The molecule has 1 amide bonds. The molecule has 0 rings (SSSR count). The SMILES string of the molecule is CCCCCCCCCCCCCCCCCCCC(CNC(=O)C(C)(C)C(C)(C)CC(C)OCCC(C)(C)OC)OCCCCCCCCCCCCCCCCCC. The lowest BCUT2D eigenvalue weighted by Crippen LogP contribution is -2.49. The number of methoxy groups -OCH3 is 1. The summed E-state index contributed by atoms with van der Waals surface area (Å²) in [7, 11) is 1.76. The molecule has 0 aromatic carbocycles. The molecular weight excluding hydrogens is 739 g/mol. The fraction of sp³-hybridized carbons (Fsp3) is 0.982. The van der Waals surface area contributed by atoms with Gasteiger partial charge in [0.1, 0.15) is 0 Å². The Morgan fingerprint density at radius 2 is 0.833 bits per heavy atom. The van der Waals surface area contributed by atoms with E-state index in [4.69, 9.17) is 14.2 Å². The molecule has 60 heavy (non-hydrogen) atoms. The number of unbranched alkanes of at least 4 members (excludes halogenated alkanes) is 31. The first-order valence-corrected chi connectivity index (χ1v) is 26.9. The first-order valence-electron chi connectivity index (χ1n) is 26.9. The van der Waals surface area contributed by atoms with Gasteiger partial charge in [-0.1, -0.05) is 247 Å². The number of nitrogens with one attached hydrogen (secondary N) is 1. The summed E-state index contributed by atoms with van der Waals surface area (Å²) in [4.78, 5) is 13.8. The zero-order valence-electron chi connectivity index (χ0n) is 42.9. The van der Waals surface area contributed by atoms with E-state index >= 15 is 0 Å². The third-order valence-corrected chi connectivity index (χ3v) is 14.2. The fourth-order valence-electron chi connectivity index (χ4n) is 8.62. The largest absolute Gasteiger partial charge is 0.379 e. The van der Waals surface area contributed by atoms with Crippen LogP contribution in [-0.4, -0.2) is 50.6 Å². The van der Waals surface area contributed by atoms with Crippen molar-refractivity contribution in [3.8, 4) is 0 Å². The molecule has 0 aliphatic rings. The van der Waals surface area contributed by atoms with E-state index in [0.29, 0.717) is 13.2 Å². The minimum Gasteiger partial charge on any atom is -0.379 e. The van der Waals surface area contributed by atoms with E-state index in [0.717, 1.165) is 32.3 Å². The average Bonchev–Trinajstić information content (AvgIpc) is 3.21. The zero-order valence-corrected chi connectivity index (χ0v) is 42.9. The van der Waals surface area contributed by atoms with Crippen LogP contribution in [0.3, 0.4) is 0 Å². The molecule has 0 aliphatic carbocycles. The Morgan fingerprint density at radius 1 is 0.483 bits per heavy atom. The summed E-state index contributed by atoms with van der Waals surface area (Å²) in [6.07, 6.45) is 48.5. The maximum Gasteiger partial charge on any atom is 0.226 e. The van der Waals surface area contributed by atoms with E-state index in [2.05, 4.69) is 67.6 Å². The third kappa shape index (κ3) is 34.8. The van der Waals surface area contributed by atoms with Crippen LogP contribution in [-0.2, 0) is 19.0 Å². The van der Waals surface area contributed by atoms with Gasteiger partial charge < -0.3 is 19.5 Å². The minimum absolute atomic E-state index is 0.0650. The number of ether oxygens (including phenoxy) is 3. The quantitative estimate of drug-likeness (QED) is 0.0620. The van der Waals surface area contributed by atoms with Gasteiger partial charge in [0.25, 0.3) is 0 Å². The van der Waals surface area contributed by atoms with Gasteiger partial charge in [-0.25, -0.2) is 0 Å². The van der Waals surface area contributed by atoms with Crippen LogP contribution in [0.25, 0.3) is 0 Å². The molecule has 0 fully saturated rings. The highest BCUT2D eigenvalue weighted by molar-refractivity contribution is 5.82. The second kappa shape index (κ2) is 39.9. The van der Waals surface area contributed by atoms with E-state index in [1.54, 1.807) is 7.11 Å². The van der Waals surface area contributed by atoms with Crippen LogP contribution in [0.5, 0.6) is 0 Å². The summed E-state index contributed by atoms with van der Waals surface area (Å²) < 4.78 is 18.3. The van der Waals surface area contributed by atoms with E-state index in [1.807, 2.05) is 0 Å². The maximum atomic E-state index is 13.8. The lowest BCUT2D eigenvalue weighted by atomic mass is 9.64. The van der Waals surface area contributed by atoms with Crippen LogP contribution in [0.1, 0.15) is 293 Å². The van der Waals surface area contributed by atoms with Crippen molar-refractivity contribution < 1.29 is 19.0 Å². The van der Waals surface area contributed by atoms with Gasteiger partial charge in [-0.3, -0.25) is 4.79 Å². The molecule has 0 aliphatic heterocycles. The van der Waals surface area contributed by atoms with Crippen LogP contribution in [0.15, 0.2) is 0 Å². The maximum absolute atomic E-state index is 13.8. The zero-order chi connectivity index (χ0) is 44.6. The van der Waals surface area contributed by atoms with Crippen molar-refractivity contribution in [1.29, 1.82) is 0 Å². The molecule has 2 atom stereocenters. The molecule has 5 nitrogen and oxygen atoms in total. The first kappa shape index (κ1) is 59.4. The Kier molecular flexibility index (Phi) is 39.5. The van der Waals surface area contributed by atoms with Gasteiger partial charge >= 0.3 is 0 Å². The van der Waals surface area contributed by atoms with Crippen molar-refractivity contribution in [2.75, 3.05) is 26.9 Å². The smallest absolute Gasteiger partial charge is 0.226 e. The normalized spacial score (nSPS) is 13.6. The second-order valence-electron chi connectivity index (χ2n) is 21.1. The van der Waals surface area contributed by atoms with Crippen LogP contribution < -0.4 is 5.32 Å². The molecule has 1 N–H and O–H groups in total. The van der Waals surface area contributed by atoms with Gasteiger partial charge in [-0.2, -0.15) is 0 Å². The molecule has 0 heterocycles. The summed E-state index contributed by atoms with van der Waals surface area (Å²) >= 11 is 0. The Labute approximate surface area is 377 Å². The second-order valence-corrected chi connectivity index (χ2v) is 21.1. The van der Waals surface area contributed by atoms with Gasteiger partial charge in [0.2, 0.25) is 5.91 Å². The number of carbonyl (C=O) groups is 1. The molecule has 0 saturated carbocycles. The highest BCUT2D eigenvalue weighted by Gasteiger charge is 2.44. The van der Waals surface area contributed by atoms with Crippen LogP contribution in [0.4, 0.5) is 0 Å². The van der Waals surface area contributed by atoms with Crippen molar-refractivity contribution in [1.82, 2.24) is 5.32 Å². The molecule has 0 aromatic rings. The van der Waals surface area contributed by atoms with Gasteiger partial charge in [-0.05, 0) is 51.9 Å².